The van der Waals surface area contributed by atoms with Crippen LogP contribution in [0.15, 0.2) is 24.3 Å². The molecule has 0 aromatic heterocycles. The lowest BCUT2D eigenvalue weighted by Gasteiger charge is -2.25. The first-order valence-corrected chi connectivity index (χ1v) is 23.7. The maximum atomic E-state index is 12.8. The first-order chi connectivity index (χ1) is 25.5. The molecule has 0 bridgehead atoms. The second-order valence-electron chi connectivity index (χ2n) is 16.4. The number of phosphoric ester groups is 1. The molecule has 0 aliphatic heterocycles. The summed E-state index contributed by atoms with van der Waals surface area (Å²) in [6.45, 7) is 4.76. The molecule has 0 aliphatic carbocycles. The molecule has 0 rings (SSSR count). The summed E-state index contributed by atoms with van der Waals surface area (Å²) in [7, 11) is 1.57. The average Bonchev–Trinajstić information content (AvgIpc) is 3.10. The molecule has 0 aromatic rings. The van der Waals surface area contributed by atoms with Crippen molar-refractivity contribution in [3.8, 4) is 0 Å². The summed E-state index contributed by atoms with van der Waals surface area (Å²) in [5.74, 6) is -0.192. The van der Waals surface area contributed by atoms with Crippen LogP contribution in [0.2, 0.25) is 0 Å². The molecule has 0 heterocycles. The Morgan fingerprint density at radius 1 is 0.623 bits per heavy atom. The third kappa shape index (κ3) is 39.0. The molecule has 3 unspecified atom stereocenters. The fourth-order valence-corrected chi connectivity index (χ4v) is 7.05. The van der Waals surface area contributed by atoms with E-state index in [0.29, 0.717) is 17.4 Å². The van der Waals surface area contributed by atoms with Crippen LogP contribution in [0, 0.1) is 0 Å². The van der Waals surface area contributed by atoms with Crippen LogP contribution in [0.4, 0.5) is 0 Å². The van der Waals surface area contributed by atoms with E-state index in [1.54, 1.807) is 6.08 Å². The molecule has 0 aliphatic rings. The number of nitrogens with zero attached hydrogens (tertiary/aromatic N) is 1. The lowest BCUT2D eigenvalue weighted by molar-refractivity contribution is -0.870. The van der Waals surface area contributed by atoms with Gasteiger partial charge >= 0.3 is 7.82 Å². The molecule has 3 atom stereocenters. The highest BCUT2D eigenvalue weighted by atomic mass is 31.2. The van der Waals surface area contributed by atoms with Crippen molar-refractivity contribution >= 4 is 13.7 Å². The summed E-state index contributed by atoms with van der Waals surface area (Å²) in [6, 6.07) is -0.848. The average molecular weight is 772 g/mol. The van der Waals surface area contributed by atoms with Gasteiger partial charge in [0.25, 0.3) is 0 Å². The van der Waals surface area contributed by atoms with Gasteiger partial charge in [-0.15, -0.1) is 0 Å². The highest BCUT2D eigenvalue weighted by molar-refractivity contribution is 7.47. The maximum Gasteiger partial charge on any atom is 0.472 e. The smallest absolute Gasteiger partial charge is 0.387 e. The molecule has 0 saturated carbocycles. The molecule has 1 amide bonds. The molecule has 0 aromatic carbocycles. The van der Waals surface area contributed by atoms with Crippen LogP contribution in [-0.2, 0) is 18.4 Å². The first kappa shape index (κ1) is 52.0. The van der Waals surface area contributed by atoms with E-state index in [0.717, 1.165) is 57.8 Å². The van der Waals surface area contributed by atoms with Gasteiger partial charge in [-0.2, -0.15) is 0 Å². The molecule has 314 valence electrons. The van der Waals surface area contributed by atoms with E-state index in [9.17, 15) is 19.4 Å². The Kier molecular flexibility index (Phi) is 35.9. The lowest BCUT2D eigenvalue weighted by atomic mass is 10.0. The predicted octanol–water partition coefficient (Wildman–Crippen LogP) is 12.1. The lowest BCUT2D eigenvalue weighted by Crippen LogP contribution is -2.45. The van der Waals surface area contributed by atoms with Crippen molar-refractivity contribution in [3.05, 3.63) is 24.3 Å². The molecule has 9 heteroatoms. The number of carbonyl (C=O) groups is 1. The summed E-state index contributed by atoms with van der Waals surface area (Å²) in [6.07, 6.45) is 42.6. The zero-order valence-corrected chi connectivity index (χ0v) is 36.4. The summed E-state index contributed by atoms with van der Waals surface area (Å²) in [4.78, 5) is 23.0. The predicted molar refractivity (Wildman–Crippen MR) is 226 cm³/mol. The summed E-state index contributed by atoms with van der Waals surface area (Å²) >= 11 is 0. The number of nitrogens with one attached hydrogen (secondary N) is 1. The minimum atomic E-state index is -4.33. The number of quaternary nitrogens is 1. The van der Waals surface area contributed by atoms with Gasteiger partial charge in [0.2, 0.25) is 5.91 Å². The molecule has 53 heavy (non-hydrogen) atoms. The van der Waals surface area contributed by atoms with Gasteiger partial charge < -0.3 is 19.8 Å². The van der Waals surface area contributed by atoms with Gasteiger partial charge in [-0.1, -0.05) is 179 Å². The largest absolute Gasteiger partial charge is 0.472 e. The molecule has 8 nitrogen and oxygen atoms in total. The normalized spacial score (nSPS) is 14.6. The van der Waals surface area contributed by atoms with Gasteiger partial charge in [0.1, 0.15) is 13.2 Å². The highest BCUT2D eigenvalue weighted by Crippen LogP contribution is 2.43. The van der Waals surface area contributed by atoms with Crippen molar-refractivity contribution in [2.24, 2.45) is 0 Å². The van der Waals surface area contributed by atoms with Crippen LogP contribution < -0.4 is 5.32 Å². The Hall–Kier alpha value is -1.02. The monoisotopic (exact) mass is 772 g/mol. The highest BCUT2D eigenvalue weighted by Gasteiger charge is 2.27. The van der Waals surface area contributed by atoms with E-state index in [1.807, 2.05) is 27.2 Å². The number of likely N-dealkylation sites (N-methyl/N-ethyl adjacent to an activating group) is 1. The molecule has 0 spiro atoms. The van der Waals surface area contributed by atoms with Gasteiger partial charge in [0, 0.05) is 6.42 Å². The van der Waals surface area contributed by atoms with E-state index in [4.69, 9.17) is 9.05 Å². The summed E-state index contributed by atoms with van der Waals surface area (Å²) in [5, 5.41) is 13.8. The number of rotatable bonds is 40. The zero-order chi connectivity index (χ0) is 39.3. The number of aliphatic hydroxyl groups is 1. The van der Waals surface area contributed by atoms with Crippen molar-refractivity contribution in [1.29, 1.82) is 0 Å². The third-order valence-corrected chi connectivity index (χ3v) is 10.9. The van der Waals surface area contributed by atoms with Crippen LogP contribution in [-0.4, -0.2) is 73.4 Å². The molecular formula is C44H88N2O6P+. The van der Waals surface area contributed by atoms with Gasteiger partial charge in [0.15, 0.2) is 0 Å². The van der Waals surface area contributed by atoms with Crippen molar-refractivity contribution in [3.63, 3.8) is 0 Å². The number of hydrogen-bond acceptors (Lipinski definition) is 5. The number of amides is 1. The van der Waals surface area contributed by atoms with Gasteiger partial charge in [-0.25, -0.2) is 4.57 Å². The van der Waals surface area contributed by atoms with E-state index < -0.39 is 20.0 Å². The van der Waals surface area contributed by atoms with E-state index in [-0.39, 0.29) is 19.1 Å². The second kappa shape index (κ2) is 36.6. The number of allylic oxidation sites excluding steroid dienone is 3. The minimum absolute atomic E-state index is 0.0602. The Morgan fingerprint density at radius 2 is 1.04 bits per heavy atom. The quantitative estimate of drug-likeness (QED) is 0.0248. The van der Waals surface area contributed by atoms with E-state index in [1.165, 1.54) is 122 Å². The fourth-order valence-electron chi connectivity index (χ4n) is 6.32. The van der Waals surface area contributed by atoms with Crippen molar-refractivity contribution in [2.45, 2.75) is 212 Å². The SMILES string of the molecule is CCCC/C=C\CCCCCCC(=O)NC(COP(=O)(O)OCC[N+](C)(C)C)C(O)/C=C/CCCCCCCCCCCCCCCCCCCCC. The Labute approximate surface area is 328 Å². The minimum Gasteiger partial charge on any atom is -0.387 e. The molecule has 0 saturated heterocycles. The number of phosphoric acid groups is 1. The van der Waals surface area contributed by atoms with Gasteiger partial charge in [-0.3, -0.25) is 13.8 Å². The van der Waals surface area contributed by atoms with Crippen LogP contribution in [0.25, 0.3) is 0 Å². The van der Waals surface area contributed by atoms with E-state index in [2.05, 4.69) is 31.3 Å². The molecule has 0 fully saturated rings. The Bertz CT molecular complexity index is 922. The van der Waals surface area contributed by atoms with Crippen LogP contribution in [0.3, 0.4) is 0 Å². The molecule has 3 N–H and O–H groups in total. The van der Waals surface area contributed by atoms with Gasteiger partial charge in [0.05, 0.1) is 39.9 Å². The maximum absolute atomic E-state index is 12.8. The fraction of sp³-hybridized carbons (Fsp3) is 0.886. The second-order valence-corrected chi connectivity index (χ2v) is 17.9. The summed E-state index contributed by atoms with van der Waals surface area (Å²) < 4.78 is 23.5. The topological polar surface area (TPSA) is 105 Å². The Balaban J connectivity index is 4.33. The van der Waals surface area contributed by atoms with E-state index >= 15 is 0 Å². The Morgan fingerprint density at radius 3 is 1.51 bits per heavy atom. The number of carbonyl (C=O) groups excluding carboxylic acids is 1. The molecular weight excluding hydrogens is 683 g/mol. The number of unbranched alkanes of at least 4 members (excludes halogenated alkanes) is 25. The first-order valence-electron chi connectivity index (χ1n) is 22.2. The molecule has 0 radical (unpaired) electrons. The standard InChI is InChI=1S/C44H87N2O6P/c1-6-8-10-12-14-16-18-19-20-21-22-23-24-25-26-27-28-29-31-33-35-37-43(47)42(41-52-53(49,50)51-40-39-46(3,4)5)45-44(48)38-36-34-32-30-17-15-13-11-9-7-2/h13,15,35,37,42-43,47H,6-12,14,16-34,36,38-41H2,1-5H3,(H-,45,48,49,50)/p+1/b15-13-,37-35+. The third-order valence-electron chi connectivity index (χ3n) is 9.92. The number of aliphatic hydroxyl groups excluding tert-OH is 1. The van der Waals surface area contributed by atoms with Crippen molar-refractivity contribution in [2.75, 3.05) is 40.9 Å². The zero-order valence-electron chi connectivity index (χ0n) is 35.5. The van der Waals surface area contributed by atoms with Crippen LogP contribution in [0.5, 0.6) is 0 Å². The number of hydrogen-bond donors (Lipinski definition) is 3. The van der Waals surface area contributed by atoms with Crippen LogP contribution >= 0.6 is 7.82 Å². The van der Waals surface area contributed by atoms with Crippen molar-refractivity contribution in [1.82, 2.24) is 5.32 Å². The summed E-state index contributed by atoms with van der Waals surface area (Å²) in [5.41, 5.74) is 0. The van der Waals surface area contributed by atoms with Crippen LogP contribution in [0.1, 0.15) is 200 Å². The van der Waals surface area contributed by atoms with Crippen molar-refractivity contribution < 1.29 is 32.9 Å². The van der Waals surface area contributed by atoms with Gasteiger partial charge in [-0.05, 0) is 38.5 Å².